The molecule has 4 nitrogen and oxygen atoms in total. The van der Waals surface area contributed by atoms with E-state index in [2.05, 4.69) is 40.7 Å². The maximum atomic E-state index is 12.8. The number of benzene rings is 1. The van der Waals surface area contributed by atoms with Gasteiger partial charge in [0.2, 0.25) is 0 Å². The Balaban J connectivity index is 1.43. The highest BCUT2D eigenvalue weighted by Gasteiger charge is 2.28. The molecule has 2 amide bonds. The maximum absolute atomic E-state index is 12.8. The number of hydrogen-bond donors (Lipinski definition) is 1. The van der Waals surface area contributed by atoms with Crippen LogP contribution in [0.2, 0.25) is 0 Å². The van der Waals surface area contributed by atoms with Gasteiger partial charge >= 0.3 is 6.03 Å². The van der Waals surface area contributed by atoms with Gasteiger partial charge in [-0.1, -0.05) is 31.2 Å². The molecule has 26 heavy (non-hydrogen) atoms. The third-order valence-electron chi connectivity index (χ3n) is 5.71. The number of carbonyl (C=O) groups excluding carboxylic acids is 1. The molecule has 1 saturated heterocycles. The van der Waals surface area contributed by atoms with E-state index in [-0.39, 0.29) is 12.1 Å². The number of fused-ring (bicyclic) bond motifs is 1. The van der Waals surface area contributed by atoms with Crippen LogP contribution in [0.3, 0.4) is 0 Å². The molecule has 0 saturated carbocycles. The number of amides is 2. The summed E-state index contributed by atoms with van der Waals surface area (Å²) in [4.78, 5) is 18.6. The summed E-state index contributed by atoms with van der Waals surface area (Å²) >= 11 is 1.79. The number of anilines is 1. The van der Waals surface area contributed by atoms with Crippen LogP contribution in [-0.4, -0.2) is 37.1 Å². The first-order chi connectivity index (χ1) is 12.7. The minimum absolute atomic E-state index is 0.0295. The number of nitrogens with zero attached hydrogens (tertiary/aromatic N) is 2. The summed E-state index contributed by atoms with van der Waals surface area (Å²) in [5.41, 5.74) is 2.33. The molecule has 2 aliphatic heterocycles. The maximum Gasteiger partial charge on any atom is 0.321 e. The molecule has 1 aromatic carbocycles. The molecule has 138 valence electrons. The van der Waals surface area contributed by atoms with E-state index in [1.54, 1.807) is 11.3 Å². The summed E-state index contributed by atoms with van der Waals surface area (Å²) in [6, 6.07) is 12.8. The number of hydrogen-bond acceptors (Lipinski definition) is 3. The highest BCUT2D eigenvalue weighted by Crippen LogP contribution is 2.30. The van der Waals surface area contributed by atoms with Gasteiger partial charge in [-0.05, 0) is 61.3 Å². The SMILES string of the molecule is CC1CCN(C(CNC(=O)N2CCc3ccccc32)c2cccs2)CC1. The lowest BCUT2D eigenvalue weighted by Gasteiger charge is -2.36. The number of para-hydroxylation sites is 1. The lowest BCUT2D eigenvalue weighted by atomic mass is 9.97. The average Bonchev–Trinajstić information content (AvgIpc) is 3.33. The Morgan fingerprint density at radius 3 is 2.77 bits per heavy atom. The fourth-order valence-electron chi connectivity index (χ4n) is 4.06. The van der Waals surface area contributed by atoms with E-state index in [1.165, 1.54) is 23.3 Å². The summed E-state index contributed by atoms with van der Waals surface area (Å²) < 4.78 is 0. The molecule has 2 aromatic rings. The quantitative estimate of drug-likeness (QED) is 0.872. The Morgan fingerprint density at radius 1 is 1.19 bits per heavy atom. The number of urea groups is 1. The predicted octanol–water partition coefficient (Wildman–Crippen LogP) is 4.29. The standard InChI is InChI=1S/C21H27N3OS/c1-16-8-11-23(12-9-16)19(20-7-4-14-26-20)15-22-21(25)24-13-10-17-5-2-3-6-18(17)24/h2-7,14,16,19H,8-13,15H2,1H3,(H,22,25). The number of likely N-dealkylation sites (tertiary alicyclic amines) is 1. The average molecular weight is 370 g/mol. The third-order valence-corrected chi connectivity index (χ3v) is 6.68. The molecule has 1 atom stereocenters. The van der Waals surface area contributed by atoms with E-state index in [0.717, 1.165) is 37.7 Å². The van der Waals surface area contributed by atoms with Crippen LogP contribution in [0.15, 0.2) is 41.8 Å². The zero-order valence-corrected chi connectivity index (χ0v) is 16.2. The molecule has 1 N–H and O–H groups in total. The van der Waals surface area contributed by atoms with Crippen molar-refractivity contribution in [2.75, 3.05) is 31.1 Å². The summed E-state index contributed by atoms with van der Waals surface area (Å²) in [5, 5.41) is 5.35. The van der Waals surface area contributed by atoms with Crippen molar-refractivity contribution in [3.63, 3.8) is 0 Å². The highest BCUT2D eigenvalue weighted by molar-refractivity contribution is 7.10. The van der Waals surface area contributed by atoms with Gasteiger partial charge < -0.3 is 5.32 Å². The smallest absolute Gasteiger partial charge is 0.321 e. The number of piperidine rings is 1. The first-order valence-corrected chi connectivity index (χ1v) is 10.5. The molecule has 0 radical (unpaired) electrons. The Hall–Kier alpha value is -1.85. The summed E-state index contributed by atoms with van der Waals surface area (Å²) in [6.45, 7) is 6.02. The molecule has 0 bridgehead atoms. The molecule has 1 fully saturated rings. The van der Waals surface area contributed by atoms with Gasteiger partial charge in [0.1, 0.15) is 0 Å². The second-order valence-corrected chi connectivity index (χ2v) is 8.45. The van der Waals surface area contributed by atoms with Gasteiger partial charge in [-0.2, -0.15) is 0 Å². The van der Waals surface area contributed by atoms with Crippen LogP contribution >= 0.6 is 11.3 Å². The Labute approximate surface area is 159 Å². The summed E-state index contributed by atoms with van der Waals surface area (Å²) in [5.74, 6) is 0.811. The van der Waals surface area contributed by atoms with Crippen molar-refractivity contribution < 1.29 is 4.79 Å². The normalized spacial score (nSPS) is 19.3. The van der Waals surface area contributed by atoms with Gasteiger partial charge in [-0.15, -0.1) is 11.3 Å². The monoisotopic (exact) mass is 369 g/mol. The van der Waals surface area contributed by atoms with Crippen molar-refractivity contribution in [1.29, 1.82) is 0 Å². The Kier molecular flexibility index (Phi) is 5.27. The molecular weight excluding hydrogens is 342 g/mol. The fourth-order valence-corrected chi connectivity index (χ4v) is 4.92. The summed E-state index contributed by atoms with van der Waals surface area (Å²) in [7, 11) is 0. The first kappa shape index (κ1) is 17.6. The molecule has 0 aliphatic carbocycles. The minimum atomic E-state index is 0.0295. The van der Waals surface area contributed by atoms with E-state index < -0.39 is 0 Å². The molecule has 1 unspecified atom stereocenters. The van der Waals surface area contributed by atoms with Crippen LogP contribution in [0.4, 0.5) is 10.5 Å². The van der Waals surface area contributed by atoms with Crippen LogP contribution in [0.5, 0.6) is 0 Å². The zero-order chi connectivity index (χ0) is 17.9. The topological polar surface area (TPSA) is 35.6 Å². The van der Waals surface area contributed by atoms with Crippen LogP contribution in [0.1, 0.15) is 36.2 Å². The van der Waals surface area contributed by atoms with Gasteiger partial charge in [0.25, 0.3) is 0 Å². The van der Waals surface area contributed by atoms with Crippen molar-refractivity contribution in [2.24, 2.45) is 5.92 Å². The molecule has 3 heterocycles. The van der Waals surface area contributed by atoms with E-state index >= 15 is 0 Å². The first-order valence-electron chi connectivity index (χ1n) is 9.63. The van der Waals surface area contributed by atoms with Crippen LogP contribution in [0.25, 0.3) is 0 Å². The molecule has 0 spiro atoms. The van der Waals surface area contributed by atoms with Crippen LogP contribution in [0, 0.1) is 5.92 Å². The van der Waals surface area contributed by atoms with Crippen molar-refractivity contribution in [2.45, 2.75) is 32.2 Å². The van der Waals surface area contributed by atoms with E-state index in [4.69, 9.17) is 0 Å². The lowest BCUT2D eigenvalue weighted by Crippen LogP contribution is -2.45. The minimum Gasteiger partial charge on any atom is -0.336 e. The van der Waals surface area contributed by atoms with Gasteiger partial charge in [-0.25, -0.2) is 4.79 Å². The number of nitrogens with one attached hydrogen (secondary N) is 1. The van der Waals surface area contributed by atoms with Gasteiger partial charge in [0.15, 0.2) is 0 Å². The van der Waals surface area contributed by atoms with Crippen molar-refractivity contribution >= 4 is 23.1 Å². The van der Waals surface area contributed by atoms with Crippen molar-refractivity contribution in [3.8, 4) is 0 Å². The molecule has 5 heteroatoms. The molecule has 2 aliphatic rings. The number of carbonyl (C=O) groups is 1. The fraction of sp³-hybridized carbons (Fsp3) is 0.476. The van der Waals surface area contributed by atoms with E-state index in [0.29, 0.717) is 6.54 Å². The van der Waals surface area contributed by atoms with Crippen LogP contribution < -0.4 is 10.2 Å². The number of thiophene rings is 1. The Bertz CT molecular complexity index is 737. The Morgan fingerprint density at radius 2 is 2.00 bits per heavy atom. The largest absolute Gasteiger partial charge is 0.336 e. The van der Waals surface area contributed by atoms with Gasteiger partial charge in [0, 0.05) is 23.7 Å². The van der Waals surface area contributed by atoms with Gasteiger partial charge in [-0.3, -0.25) is 9.80 Å². The lowest BCUT2D eigenvalue weighted by molar-refractivity contribution is 0.138. The zero-order valence-electron chi connectivity index (χ0n) is 15.4. The van der Waals surface area contributed by atoms with E-state index in [1.807, 2.05) is 23.1 Å². The van der Waals surface area contributed by atoms with Crippen molar-refractivity contribution in [3.05, 3.63) is 52.2 Å². The highest BCUT2D eigenvalue weighted by atomic mass is 32.1. The van der Waals surface area contributed by atoms with Crippen molar-refractivity contribution in [1.82, 2.24) is 10.2 Å². The molecular formula is C21H27N3OS. The van der Waals surface area contributed by atoms with E-state index in [9.17, 15) is 4.79 Å². The second-order valence-electron chi connectivity index (χ2n) is 7.47. The summed E-state index contributed by atoms with van der Waals surface area (Å²) in [6.07, 6.45) is 3.44. The second kappa shape index (κ2) is 7.80. The van der Waals surface area contributed by atoms with Gasteiger partial charge in [0.05, 0.1) is 6.04 Å². The third kappa shape index (κ3) is 3.64. The molecule has 4 rings (SSSR count). The number of rotatable bonds is 4. The molecule has 1 aromatic heterocycles. The predicted molar refractivity (Wildman–Crippen MR) is 108 cm³/mol. The van der Waals surface area contributed by atoms with Crippen LogP contribution in [-0.2, 0) is 6.42 Å².